The summed E-state index contributed by atoms with van der Waals surface area (Å²) >= 11 is 0. The summed E-state index contributed by atoms with van der Waals surface area (Å²) in [5.74, 6) is 2.54. The molecular formula is C28H46O2. The predicted octanol–water partition coefficient (Wildman–Crippen LogP) is 8.25. The Morgan fingerprint density at radius 2 is 1.30 bits per heavy atom. The van der Waals surface area contributed by atoms with Gasteiger partial charge >= 0.3 is 0 Å². The number of hydrogen-bond acceptors (Lipinski definition) is 2. The standard InChI is InChI=1S/C28H46O2/c1-3-5-6-7-8-10-23-11-13-24(14-12-23)15-16-25-17-19-27(20-18-25)28-29-21-26(9-4-2)22-30-28/h17-20,23-24,26,28H,3-16,21-22H2,1-2H3/t23-,24-,26?,28?. The van der Waals surface area contributed by atoms with Gasteiger partial charge in [-0.3, -0.25) is 0 Å². The summed E-state index contributed by atoms with van der Waals surface area (Å²) < 4.78 is 11.9. The van der Waals surface area contributed by atoms with Crippen LogP contribution in [-0.4, -0.2) is 13.2 Å². The number of rotatable bonds is 12. The maximum absolute atomic E-state index is 5.96. The number of ether oxygens (including phenoxy) is 2. The maximum atomic E-state index is 5.96. The molecule has 3 rings (SSSR count). The van der Waals surface area contributed by atoms with E-state index in [0.717, 1.165) is 25.0 Å². The van der Waals surface area contributed by atoms with Gasteiger partial charge in [0, 0.05) is 11.5 Å². The van der Waals surface area contributed by atoms with Gasteiger partial charge in [-0.2, -0.15) is 0 Å². The zero-order valence-corrected chi connectivity index (χ0v) is 19.7. The molecule has 1 heterocycles. The van der Waals surface area contributed by atoms with Crippen LogP contribution in [-0.2, 0) is 15.9 Å². The highest BCUT2D eigenvalue weighted by atomic mass is 16.7. The van der Waals surface area contributed by atoms with Gasteiger partial charge in [-0.15, -0.1) is 0 Å². The third kappa shape index (κ3) is 8.00. The van der Waals surface area contributed by atoms with Crippen LogP contribution in [0.2, 0.25) is 0 Å². The quantitative estimate of drug-likeness (QED) is 0.320. The summed E-state index contributed by atoms with van der Waals surface area (Å²) in [4.78, 5) is 0. The van der Waals surface area contributed by atoms with Gasteiger partial charge in [0.1, 0.15) is 0 Å². The fourth-order valence-electron chi connectivity index (χ4n) is 5.37. The molecular weight excluding hydrogens is 368 g/mol. The maximum Gasteiger partial charge on any atom is 0.183 e. The Morgan fingerprint density at radius 1 is 0.667 bits per heavy atom. The molecule has 0 atom stereocenters. The van der Waals surface area contributed by atoms with Crippen LogP contribution in [0.4, 0.5) is 0 Å². The lowest BCUT2D eigenvalue weighted by molar-refractivity contribution is -0.206. The topological polar surface area (TPSA) is 18.5 Å². The summed E-state index contributed by atoms with van der Waals surface area (Å²) in [5.41, 5.74) is 2.64. The molecule has 0 N–H and O–H groups in total. The molecule has 0 aromatic heterocycles. The first kappa shape index (κ1) is 23.8. The zero-order chi connectivity index (χ0) is 21.0. The minimum Gasteiger partial charge on any atom is -0.348 e. The molecule has 2 nitrogen and oxygen atoms in total. The van der Waals surface area contributed by atoms with Crippen molar-refractivity contribution in [3.8, 4) is 0 Å². The fourth-order valence-corrected chi connectivity index (χ4v) is 5.37. The Labute approximate surface area is 186 Å². The SMILES string of the molecule is CCCCCCC[C@H]1CC[C@H](CCc2ccc(C3OCC(CCC)CO3)cc2)CC1. The Kier molecular flexibility index (Phi) is 10.7. The van der Waals surface area contributed by atoms with Crippen LogP contribution in [0.1, 0.15) is 115 Å². The zero-order valence-electron chi connectivity index (χ0n) is 19.7. The molecule has 0 amide bonds. The number of aryl methyl sites for hydroxylation is 1. The van der Waals surface area contributed by atoms with E-state index >= 15 is 0 Å². The first-order valence-corrected chi connectivity index (χ1v) is 13.1. The van der Waals surface area contributed by atoms with Crippen LogP contribution >= 0.6 is 0 Å². The molecule has 30 heavy (non-hydrogen) atoms. The van der Waals surface area contributed by atoms with E-state index in [0.29, 0.717) is 5.92 Å². The van der Waals surface area contributed by atoms with Gasteiger partial charge in [-0.05, 0) is 36.7 Å². The number of hydrogen-bond donors (Lipinski definition) is 0. The van der Waals surface area contributed by atoms with Gasteiger partial charge in [0.2, 0.25) is 0 Å². The Hall–Kier alpha value is -0.860. The van der Waals surface area contributed by atoms with E-state index in [1.807, 2.05) is 0 Å². The molecule has 1 saturated heterocycles. The molecule has 2 aliphatic rings. The molecule has 1 aromatic rings. The highest BCUT2D eigenvalue weighted by Crippen LogP contribution is 2.34. The highest BCUT2D eigenvalue weighted by molar-refractivity contribution is 5.23. The highest BCUT2D eigenvalue weighted by Gasteiger charge is 2.23. The van der Waals surface area contributed by atoms with Crippen LogP contribution < -0.4 is 0 Å². The molecule has 0 spiro atoms. The lowest BCUT2D eigenvalue weighted by Gasteiger charge is -2.29. The average molecular weight is 415 g/mol. The van der Waals surface area contributed by atoms with Crippen LogP contribution in [0.25, 0.3) is 0 Å². The molecule has 170 valence electrons. The smallest absolute Gasteiger partial charge is 0.183 e. The first-order valence-electron chi connectivity index (χ1n) is 13.1. The van der Waals surface area contributed by atoms with Crippen molar-refractivity contribution in [2.75, 3.05) is 13.2 Å². The van der Waals surface area contributed by atoms with Crippen molar-refractivity contribution in [1.82, 2.24) is 0 Å². The minimum atomic E-state index is -0.163. The summed E-state index contributed by atoms with van der Waals surface area (Å²) in [6.07, 6.45) is 19.3. The van der Waals surface area contributed by atoms with Crippen molar-refractivity contribution < 1.29 is 9.47 Å². The predicted molar refractivity (Wildman–Crippen MR) is 127 cm³/mol. The Balaban J connectivity index is 1.30. The third-order valence-electron chi connectivity index (χ3n) is 7.44. The fraction of sp³-hybridized carbons (Fsp3) is 0.786. The van der Waals surface area contributed by atoms with Crippen molar-refractivity contribution in [3.05, 3.63) is 35.4 Å². The molecule has 1 aliphatic carbocycles. The summed E-state index contributed by atoms with van der Waals surface area (Å²) in [7, 11) is 0. The van der Waals surface area contributed by atoms with Gasteiger partial charge in [0.05, 0.1) is 13.2 Å². The van der Waals surface area contributed by atoms with Crippen molar-refractivity contribution >= 4 is 0 Å². The molecule has 0 bridgehead atoms. The third-order valence-corrected chi connectivity index (χ3v) is 7.44. The number of unbranched alkanes of at least 4 members (excludes halogenated alkanes) is 4. The normalized spacial score (nSPS) is 27.3. The second-order valence-corrected chi connectivity index (χ2v) is 10.0. The molecule has 1 saturated carbocycles. The van der Waals surface area contributed by atoms with Crippen LogP contribution in [0.3, 0.4) is 0 Å². The lowest BCUT2D eigenvalue weighted by Crippen LogP contribution is -2.26. The van der Waals surface area contributed by atoms with E-state index in [1.165, 1.54) is 101 Å². The molecule has 0 radical (unpaired) electrons. The van der Waals surface area contributed by atoms with E-state index in [9.17, 15) is 0 Å². The Bertz CT molecular complexity index is 551. The van der Waals surface area contributed by atoms with Crippen LogP contribution in [0, 0.1) is 17.8 Å². The van der Waals surface area contributed by atoms with Crippen molar-refractivity contribution in [2.24, 2.45) is 17.8 Å². The van der Waals surface area contributed by atoms with E-state index in [2.05, 4.69) is 38.1 Å². The van der Waals surface area contributed by atoms with Crippen LogP contribution in [0.5, 0.6) is 0 Å². The molecule has 2 heteroatoms. The molecule has 1 aromatic carbocycles. The molecule has 0 unspecified atom stereocenters. The lowest BCUT2D eigenvalue weighted by atomic mass is 9.77. The van der Waals surface area contributed by atoms with E-state index in [-0.39, 0.29) is 6.29 Å². The van der Waals surface area contributed by atoms with Gasteiger partial charge < -0.3 is 9.47 Å². The van der Waals surface area contributed by atoms with Crippen molar-refractivity contribution in [3.63, 3.8) is 0 Å². The monoisotopic (exact) mass is 414 g/mol. The summed E-state index contributed by atoms with van der Waals surface area (Å²) in [6.45, 7) is 6.20. The molecule has 1 aliphatic heterocycles. The van der Waals surface area contributed by atoms with Gasteiger partial charge in [-0.25, -0.2) is 0 Å². The minimum absolute atomic E-state index is 0.163. The van der Waals surface area contributed by atoms with Crippen LogP contribution in [0.15, 0.2) is 24.3 Å². The second-order valence-electron chi connectivity index (χ2n) is 10.0. The van der Waals surface area contributed by atoms with Gasteiger partial charge in [0.15, 0.2) is 6.29 Å². The van der Waals surface area contributed by atoms with E-state index in [1.54, 1.807) is 0 Å². The number of benzene rings is 1. The van der Waals surface area contributed by atoms with Gasteiger partial charge in [0.25, 0.3) is 0 Å². The second kappa shape index (κ2) is 13.5. The van der Waals surface area contributed by atoms with Crippen molar-refractivity contribution in [1.29, 1.82) is 0 Å². The van der Waals surface area contributed by atoms with E-state index < -0.39 is 0 Å². The largest absolute Gasteiger partial charge is 0.348 e. The first-order chi connectivity index (χ1) is 14.8. The molecule has 2 fully saturated rings. The summed E-state index contributed by atoms with van der Waals surface area (Å²) in [5, 5.41) is 0. The summed E-state index contributed by atoms with van der Waals surface area (Å²) in [6, 6.07) is 9.02. The van der Waals surface area contributed by atoms with Gasteiger partial charge in [-0.1, -0.05) is 109 Å². The Morgan fingerprint density at radius 3 is 1.93 bits per heavy atom. The van der Waals surface area contributed by atoms with E-state index in [4.69, 9.17) is 9.47 Å². The van der Waals surface area contributed by atoms with Crippen molar-refractivity contribution in [2.45, 2.75) is 110 Å². The average Bonchev–Trinajstić information content (AvgIpc) is 2.79.